The predicted octanol–water partition coefficient (Wildman–Crippen LogP) is 5.03. The lowest BCUT2D eigenvalue weighted by Crippen LogP contribution is -2.45. The summed E-state index contributed by atoms with van der Waals surface area (Å²) >= 11 is 0. The van der Waals surface area contributed by atoms with Gasteiger partial charge >= 0.3 is 0 Å². The van der Waals surface area contributed by atoms with Crippen molar-refractivity contribution in [1.29, 1.82) is 0 Å². The number of hydrogen-bond donors (Lipinski definition) is 0. The summed E-state index contributed by atoms with van der Waals surface area (Å²) in [6.07, 6.45) is 1.46. The summed E-state index contributed by atoms with van der Waals surface area (Å²) in [4.78, 5) is 15.4. The third-order valence-corrected chi connectivity index (χ3v) is 5.97. The van der Waals surface area contributed by atoms with Crippen molar-refractivity contribution in [3.63, 3.8) is 0 Å². The van der Waals surface area contributed by atoms with Crippen LogP contribution in [0.1, 0.15) is 31.4 Å². The lowest BCUT2D eigenvalue weighted by Gasteiger charge is -2.37. The second-order valence-corrected chi connectivity index (χ2v) is 8.27. The minimum Gasteiger partial charge on any atom is -0.350 e. The fourth-order valence-electron chi connectivity index (χ4n) is 4.66. The number of rotatable bonds is 1. The van der Waals surface area contributed by atoms with E-state index in [1.165, 1.54) is 16.3 Å². The summed E-state index contributed by atoms with van der Waals surface area (Å²) < 4.78 is 6.54. The molecule has 1 atom stereocenters. The Morgan fingerprint density at radius 2 is 1.67 bits per heavy atom. The monoisotopic (exact) mass is 357 g/mol. The fraction of sp³-hybridized carbons (Fsp3) is 0.292. The van der Waals surface area contributed by atoms with Crippen LogP contribution in [-0.2, 0) is 21.7 Å². The molecule has 27 heavy (non-hydrogen) atoms. The van der Waals surface area contributed by atoms with Gasteiger partial charge in [0.15, 0.2) is 5.72 Å². The summed E-state index contributed by atoms with van der Waals surface area (Å²) in [5, 5.41) is 2.37. The van der Waals surface area contributed by atoms with E-state index in [1.54, 1.807) is 0 Å². The van der Waals surface area contributed by atoms with Crippen LogP contribution in [0.2, 0.25) is 0 Å². The topological polar surface area (TPSA) is 29.5 Å². The average Bonchev–Trinajstić information content (AvgIpc) is 2.79. The highest BCUT2D eigenvalue weighted by Gasteiger charge is 2.58. The molecular weight excluding hydrogens is 334 g/mol. The maximum atomic E-state index is 13.5. The number of amides is 1. The molecule has 3 heteroatoms. The molecular formula is C24H23NO2. The normalized spacial score (nSPS) is 23.8. The minimum absolute atomic E-state index is 0.130. The quantitative estimate of drug-likeness (QED) is 0.611. The van der Waals surface area contributed by atoms with Crippen molar-refractivity contribution < 1.29 is 9.53 Å². The van der Waals surface area contributed by atoms with Crippen LogP contribution < -0.4 is 4.90 Å². The fourth-order valence-corrected chi connectivity index (χ4v) is 4.66. The zero-order valence-corrected chi connectivity index (χ0v) is 15.7. The summed E-state index contributed by atoms with van der Waals surface area (Å²) in [5.41, 5.74) is 1.98. The Labute approximate surface area is 159 Å². The largest absolute Gasteiger partial charge is 0.350 e. The van der Waals surface area contributed by atoms with E-state index in [0.29, 0.717) is 13.0 Å². The van der Waals surface area contributed by atoms with Crippen molar-refractivity contribution in [2.45, 2.75) is 32.4 Å². The maximum Gasteiger partial charge on any atom is 0.235 e. The van der Waals surface area contributed by atoms with Gasteiger partial charge in [-0.1, -0.05) is 68.4 Å². The Hall–Kier alpha value is -2.65. The molecule has 1 fully saturated rings. The van der Waals surface area contributed by atoms with Gasteiger partial charge in [-0.05, 0) is 34.9 Å². The Morgan fingerprint density at radius 3 is 2.52 bits per heavy atom. The first-order chi connectivity index (χ1) is 13.0. The van der Waals surface area contributed by atoms with Crippen molar-refractivity contribution in [3.05, 3.63) is 77.9 Å². The molecule has 5 rings (SSSR count). The molecule has 1 unspecified atom stereocenters. The van der Waals surface area contributed by atoms with Crippen molar-refractivity contribution in [3.8, 4) is 0 Å². The van der Waals surface area contributed by atoms with Crippen molar-refractivity contribution in [2.75, 3.05) is 11.5 Å². The number of fused-ring (bicyclic) bond motifs is 4. The van der Waals surface area contributed by atoms with E-state index in [2.05, 4.69) is 48.5 Å². The lowest BCUT2D eigenvalue weighted by molar-refractivity contribution is -0.124. The smallest absolute Gasteiger partial charge is 0.235 e. The molecule has 3 aromatic carbocycles. The van der Waals surface area contributed by atoms with Crippen LogP contribution in [-0.4, -0.2) is 12.5 Å². The van der Waals surface area contributed by atoms with Crippen LogP contribution >= 0.6 is 0 Å². The van der Waals surface area contributed by atoms with Gasteiger partial charge in [0.05, 0.1) is 12.3 Å². The van der Waals surface area contributed by atoms with Crippen LogP contribution in [0.4, 0.5) is 5.69 Å². The summed E-state index contributed by atoms with van der Waals surface area (Å²) in [6, 6.07) is 23.0. The first-order valence-electron chi connectivity index (χ1n) is 9.57. The molecule has 0 saturated carbocycles. The molecule has 2 heterocycles. The minimum atomic E-state index is -0.753. The molecule has 3 aromatic rings. The Bertz CT molecular complexity index is 1050. The van der Waals surface area contributed by atoms with E-state index in [1.807, 2.05) is 36.9 Å². The van der Waals surface area contributed by atoms with E-state index in [4.69, 9.17) is 4.74 Å². The molecule has 0 spiro atoms. The van der Waals surface area contributed by atoms with Gasteiger partial charge in [0.25, 0.3) is 0 Å². The van der Waals surface area contributed by atoms with E-state index >= 15 is 0 Å². The standard InChI is InChI=1S/C24H23NO2/c1-23(2)16-24(20-12-11-17-7-3-4-9-19(17)15-20)25(22(23)26)21-10-6-5-8-18(21)13-14-27-24/h3-12,15H,13-14,16H2,1-2H3. The number of benzene rings is 3. The molecule has 2 aliphatic heterocycles. The van der Waals surface area contributed by atoms with Gasteiger partial charge in [-0.25, -0.2) is 0 Å². The summed E-state index contributed by atoms with van der Waals surface area (Å²) in [5.74, 6) is 0.130. The van der Waals surface area contributed by atoms with Gasteiger partial charge in [-0.2, -0.15) is 0 Å². The van der Waals surface area contributed by atoms with Crippen LogP contribution in [0.15, 0.2) is 66.7 Å². The van der Waals surface area contributed by atoms with E-state index in [-0.39, 0.29) is 5.91 Å². The SMILES string of the molecule is CC1(C)CC2(c3ccc4ccccc4c3)OCCc3ccccc3N2C1=O. The first-order valence-corrected chi connectivity index (χ1v) is 9.57. The number of ether oxygens (including phenoxy) is 1. The molecule has 1 saturated heterocycles. The number of carbonyl (C=O) groups is 1. The molecule has 1 amide bonds. The third kappa shape index (κ3) is 2.35. The van der Waals surface area contributed by atoms with Crippen molar-refractivity contribution in [2.24, 2.45) is 5.41 Å². The number of carbonyl (C=O) groups excluding carboxylic acids is 1. The predicted molar refractivity (Wildman–Crippen MR) is 108 cm³/mol. The lowest BCUT2D eigenvalue weighted by atomic mass is 9.85. The number of anilines is 1. The van der Waals surface area contributed by atoms with E-state index in [0.717, 1.165) is 17.7 Å². The van der Waals surface area contributed by atoms with Crippen LogP contribution in [0.5, 0.6) is 0 Å². The highest BCUT2D eigenvalue weighted by Crippen LogP contribution is 2.53. The summed E-state index contributed by atoms with van der Waals surface area (Å²) in [7, 11) is 0. The van der Waals surface area contributed by atoms with Crippen LogP contribution in [0.25, 0.3) is 10.8 Å². The van der Waals surface area contributed by atoms with E-state index in [9.17, 15) is 4.79 Å². The highest BCUT2D eigenvalue weighted by atomic mass is 16.5. The second kappa shape index (κ2) is 5.67. The first kappa shape index (κ1) is 16.5. The zero-order chi connectivity index (χ0) is 18.6. The van der Waals surface area contributed by atoms with Crippen LogP contribution in [0, 0.1) is 5.41 Å². The van der Waals surface area contributed by atoms with Gasteiger partial charge in [0, 0.05) is 17.4 Å². The van der Waals surface area contributed by atoms with Gasteiger partial charge in [0.2, 0.25) is 5.91 Å². The molecule has 0 bridgehead atoms. The summed E-state index contributed by atoms with van der Waals surface area (Å²) in [6.45, 7) is 4.65. The van der Waals surface area contributed by atoms with Crippen molar-refractivity contribution in [1.82, 2.24) is 0 Å². The third-order valence-electron chi connectivity index (χ3n) is 5.97. The van der Waals surface area contributed by atoms with Gasteiger partial charge in [-0.3, -0.25) is 9.69 Å². The number of nitrogens with zero attached hydrogens (tertiary/aromatic N) is 1. The molecule has 136 valence electrons. The zero-order valence-electron chi connectivity index (χ0n) is 15.7. The Balaban J connectivity index is 1.77. The Morgan fingerprint density at radius 1 is 0.926 bits per heavy atom. The maximum absolute atomic E-state index is 13.5. The average molecular weight is 357 g/mol. The molecule has 2 aliphatic rings. The van der Waals surface area contributed by atoms with Crippen molar-refractivity contribution >= 4 is 22.4 Å². The second-order valence-electron chi connectivity index (χ2n) is 8.27. The number of hydrogen-bond acceptors (Lipinski definition) is 2. The molecule has 0 aromatic heterocycles. The molecule has 3 nitrogen and oxygen atoms in total. The van der Waals surface area contributed by atoms with E-state index < -0.39 is 11.1 Å². The molecule has 0 N–H and O–H groups in total. The van der Waals surface area contributed by atoms with Gasteiger partial charge < -0.3 is 4.74 Å². The number of para-hydroxylation sites is 1. The van der Waals surface area contributed by atoms with Crippen LogP contribution in [0.3, 0.4) is 0 Å². The molecule has 0 radical (unpaired) electrons. The molecule has 0 aliphatic carbocycles. The van der Waals surface area contributed by atoms with Gasteiger partial charge in [0.1, 0.15) is 0 Å². The Kier molecular flexibility index (Phi) is 3.47. The van der Waals surface area contributed by atoms with Gasteiger partial charge in [-0.15, -0.1) is 0 Å². The highest BCUT2D eigenvalue weighted by molar-refractivity contribution is 6.02.